The summed E-state index contributed by atoms with van der Waals surface area (Å²) < 4.78 is 11.1. The molecule has 22 heavy (non-hydrogen) atoms. The standard InChI is InChI=1S/C16H20N2O3S/c1-3-20-14-6-5-12(9-15(14)21-4-2)7-8-17-16(19)13-10-22-11-18-13/h5-6,9-11H,3-4,7-8H2,1-2H3,(H,17,19). The average Bonchev–Trinajstić information content (AvgIpc) is 3.04. The number of ether oxygens (including phenoxy) is 2. The van der Waals surface area contributed by atoms with Crippen LogP contribution in [0, 0.1) is 0 Å². The number of benzene rings is 1. The molecule has 1 heterocycles. The number of hydrogen-bond donors (Lipinski definition) is 1. The topological polar surface area (TPSA) is 60.5 Å². The van der Waals surface area contributed by atoms with Gasteiger partial charge in [-0.3, -0.25) is 4.79 Å². The number of nitrogens with one attached hydrogen (secondary N) is 1. The van der Waals surface area contributed by atoms with E-state index in [0.29, 0.717) is 25.5 Å². The highest BCUT2D eigenvalue weighted by atomic mass is 32.1. The number of hydrogen-bond acceptors (Lipinski definition) is 5. The molecule has 5 nitrogen and oxygen atoms in total. The maximum absolute atomic E-state index is 11.8. The molecular formula is C16H20N2O3S. The van der Waals surface area contributed by atoms with Gasteiger partial charge in [0.25, 0.3) is 5.91 Å². The highest BCUT2D eigenvalue weighted by Gasteiger charge is 2.08. The first kappa shape index (κ1) is 16.3. The van der Waals surface area contributed by atoms with Crippen molar-refractivity contribution >= 4 is 17.2 Å². The smallest absolute Gasteiger partial charge is 0.270 e. The van der Waals surface area contributed by atoms with Crippen LogP contribution in [0.3, 0.4) is 0 Å². The van der Waals surface area contributed by atoms with Crippen molar-refractivity contribution in [2.24, 2.45) is 0 Å². The van der Waals surface area contributed by atoms with E-state index in [0.717, 1.165) is 23.5 Å². The maximum Gasteiger partial charge on any atom is 0.270 e. The summed E-state index contributed by atoms with van der Waals surface area (Å²) in [5.41, 5.74) is 3.20. The molecule has 1 aromatic heterocycles. The number of aromatic nitrogens is 1. The zero-order valence-electron chi connectivity index (χ0n) is 12.8. The first-order valence-electron chi connectivity index (χ1n) is 7.29. The lowest BCUT2D eigenvalue weighted by Crippen LogP contribution is -2.25. The summed E-state index contributed by atoms with van der Waals surface area (Å²) in [7, 11) is 0. The second kappa shape index (κ2) is 8.38. The van der Waals surface area contributed by atoms with E-state index in [-0.39, 0.29) is 5.91 Å². The molecule has 1 N–H and O–H groups in total. The molecule has 0 saturated heterocycles. The van der Waals surface area contributed by atoms with Crippen LogP contribution in [-0.4, -0.2) is 30.6 Å². The van der Waals surface area contributed by atoms with Crippen molar-refractivity contribution in [3.05, 3.63) is 40.3 Å². The quantitative estimate of drug-likeness (QED) is 0.812. The third kappa shape index (κ3) is 4.46. The predicted octanol–water partition coefficient (Wildman–Crippen LogP) is 2.91. The van der Waals surface area contributed by atoms with Crippen molar-refractivity contribution in [1.29, 1.82) is 0 Å². The Kier molecular flexibility index (Phi) is 6.21. The number of carbonyl (C=O) groups excluding carboxylic acids is 1. The monoisotopic (exact) mass is 320 g/mol. The van der Waals surface area contributed by atoms with Crippen LogP contribution in [0.1, 0.15) is 29.9 Å². The second-order valence-corrected chi connectivity index (χ2v) is 5.25. The molecule has 0 unspecified atom stereocenters. The summed E-state index contributed by atoms with van der Waals surface area (Å²) in [6, 6.07) is 5.86. The Morgan fingerprint density at radius 2 is 2.00 bits per heavy atom. The van der Waals surface area contributed by atoms with Gasteiger partial charge in [-0.15, -0.1) is 11.3 Å². The van der Waals surface area contributed by atoms with Crippen molar-refractivity contribution in [3.63, 3.8) is 0 Å². The van der Waals surface area contributed by atoms with Gasteiger partial charge >= 0.3 is 0 Å². The molecule has 2 rings (SSSR count). The van der Waals surface area contributed by atoms with Gasteiger partial charge in [0.1, 0.15) is 5.69 Å². The minimum absolute atomic E-state index is 0.141. The van der Waals surface area contributed by atoms with Crippen LogP contribution < -0.4 is 14.8 Å². The fourth-order valence-corrected chi connectivity index (χ4v) is 2.52. The Morgan fingerprint density at radius 1 is 1.23 bits per heavy atom. The van der Waals surface area contributed by atoms with Crippen molar-refractivity contribution in [1.82, 2.24) is 10.3 Å². The van der Waals surface area contributed by atoms with Gasteiger partial charge in [0, 0.05) is 11.9 Å². The van der Waals surface area contributed by atoms with E-state index in [1.54, 1.807) is 10.9 Å². The third-order valence-electron chi connectivity index (χ3n) is 2.97. The summed E-state index contributed by atoms with van der Waals surface area (Å²) in [6.07, 6.45) is 0.725. The Balaban J connectivity index is 1.92. The first-order chi connectivity index (χ1) is 10.7. The largest absolute Gasteiger partial charge is 0.490 e. The third-order valence-corrected chi connectivity index (χ3v) is 3.56. The van der Waals surface area contributed by atoms with Crippen LogP contribution in [0.25, 0.3) is 0 Å². The van der Waals surface area contributed by atoms with Crippen LogP contribution in [0.4, 0.5) is 0 Å². The van der Waals surface area contributed by atoms with Crippen molar-refractivity contribution < 1.29 is 14.3 Å². The Hall–Kier alpha value is -2.08. The van der Waals surface area contributed by atoms with E-state index in [1.807, 2.05) is 32.0 Å². The fraction of sp³-hybridized carbons (Fsp3) is 0.375. The van der Waals surface area contributed by atoms with Crippen LogP contribution in [0.5, 0.6) is 11.5 Å². The van der Waals surface area contributed by atoms with E-state index in [9.17, 15) is 4.79 Å². The van der Waals surface area contributed by atoms with Gasteiger partial charge < -0.3 is 14.8 Å². The number of amides is 1. The predicted molar refractivity (Wildman–Crippen MR) is 86.9 cm³/mol. The summed E-state index contributed by atoms with van der Waals surface area (Å²) in [5, 5.41) is 4.59. The number of carbonyl (C=O) groups is 1. The highest BCUT2D eigenvalue weighted by molar-refractivity contribution is 7.07. The second-order valence-electron chi connectivity index (χ2n) is 4.53. The zero-order chi connectivity index (χ0) is 15.8. The summed E-state index contributed by atoms with van der Waals surface area (Å²) in [4.78, 5) is 15.8. The summed E-state index contributed by atoms with van der Waals surface area (Å²) >= 11 is 1.41. The molecule has 0 saturated carbocycles. The van der Waals surface area contributed by atoms with Gasteiger partial charge in [-0.1, -0.05) is 6.07 Å². The SMILES string of the molecule is CCOc1ccc(CCNC(=O)c2cscn2)cc1OCC. The highest BCUT2D eigenvalue weighted by Crippen LogP contribution is 2.28. The van der Waals surface area contributed by atoms with E-state index < -0.39 is 0 Å². The van der Waals surface area contributed by atoms with Crippen LogP contribution in [-0.2, 0) is 6.42 Å². The number of thiazole rings is 1. The van der Waals surface area contributed by atoms with Gasteiger partial charge in [-0.05, 0) is 38.0 Å². The molecule has 0 atom stereocenters. The summed E-state index contributed by atoms with van der Waals surface area (Å²) in [5.74, 6) is 1.35. The normalized spacial score (nSPS) is 10.3. The van der Waals surface area contributed by atoms with Crippen LogP contribution in [0.15, 0.2) is 29.1 Å². The molecule has 1 amide bonds. The molecule has 0 aliphatic rings. The molecule has 0 aliphatic heterocycles. The molecule has 0 bridgehead atoms. The minimum Gasteiger partial charge on any atom is -0.490 e. The van der Waals surface area contributed by atoms with Crippen molar-refractivity contribution in [2.75, 3.05) is 19.8 Å². The summed E-state index contributed by atoms with van der Waals surface area (Å²) in [6.45, 7) is 5.62. The van der Waals surface area contributed by atoms with E-state index >= 15 is 0 Å². The Labute approximate surface area is 134 Å². The van der Waals surface area contributed by atoms with E-state index in [1.165, 1.54) is 11.3 Å². The molecule has 6 heteroatoms. The molecule has 0 spiro atoms. The molecular weight excluding hydrogens is 300 g/mol. The average molecular weight is 320 g/mol. The molecule has 0 fully saturated rings. The lowest BCUT2D eigenvalue weighted by atomic mass is 10.1. The lowest BCUT2D eigenvalue weighted by Gasteiger charge is -2.12. The maximum atomic E-state index is 11.8. The van der Waals surface area contributed by atoms with Crippen LogP contribution in [0.2, 0.25) is 0 Å². The van der Waals surface area contributed by atoms with Crippen LogP contribution >= 0.6 is 11.3 Å². The van der Waals surface area contributed by atoms with Gasteiger partial charge in [0.15, 0.2) is 11.5 Å². The first-order valence-corrected chi connectivity index (χ1v) is 8.23. The molecule has 118 valence electrons. The van der Waals surface area contributed by atoms with Gasteiger partial charge in [0.2, 0.25) is 0 Å². The van der Waals surface area contributed by atoms with Gasteiger partial charge in [-0.25, -0.2) is 4.98 Å². The van der Waals surface area contributed by atoms with E-state index in [4.69, 9.17) is 9.47 Å². The molecule has 0 radical (unpaired) electrons. The molecule has 1 aromatic carbocycles. The molecule has 0 aliphatic carbocycles. The zero-order valence-corrected chi connectivity index (χ0v) is 13.6. The van der Waals surface area contributed by atoms with Crippen molar-refractivity contribution in [2.45, 2.75) is 20.3 Å². The Morgan fingerprint density at radius 3 is 2.68 bits per heavy atom. The van der Waals surface area contributed by atoms with E-state index in [2.05, 4.69) is 10.3 Å². The molecule has 2 aromatic rings. The minimum atomic E-state index is -0.141. The van der Waals surface area contributed by atoms with Gasteiger partial charge in [-0.2, -0.15) is 0 Å². The van der Waals surface area contributed by atoms with Gasteiger partial charge in [0.05, 0.1) is 18.7 Å². The number of nitrogens with zero attached hydrogens (tertiary/aromatic N) is 1. The Bertz CT molecular complexity index is 599. The fourth-order valence-electron chi connectivity index (χ4n) is 1.99. The lowest BCUT2D eigenvalue weighted by molar-refractivity contribution is 0.0950. The number of rotatable bonds is 8. The van der Waals surface area contributed by atoms with Crippen molar-refractivity contribution in [3.8, 4) is 11.5 Å².